The summed E-state index contributed by atoms with van der Waals surface area (Å²) in [7, 11) is 0. The molecule has 20 heavy (non-hydrogen) atoms. The number of benzene rings is 1. The van der Waals surface area contributed by atoms with Crippen molar-refractivity contribution in [1.29, 1.82) is 0 Å². The van der Waals surface area contributed by atoms with E-state index in [1.165, 1.54) is 0 Å². The molecule has 1 aromatic rings. The number of carbonyl (C=O) groups excluding carboxylic acids is 2. The van der Waals surface area contributed by atoms with E-state index in [9.17, 15) is 9.59 Å². The maximum absolute atomic E-state index is 11.8. The van der Waals surface area contributed by atoms with E-state index in [0.29, 0.717) is 0 Å². The highest BCUT2D eigenvalue weighted by atomic mass is 16.6. The number of hydrogen-bond acceptors (Lipinski definition) is 4. The van der Waals surface area contributed by atoms with Crippen LogP contribution in [0.15, 0.2) is 30.3 Å². The van der Waals surface area contributed by atoms with E-state index in [4.69, 9.17) is 15.2 Å². The van der Waals surface area contributed by atoms with Crippen LogP contribution in [0, 0.1) is 0 Å². The van der Waals surface area contributed by atoms with Gasteiger partial charge in [0.25, 0.3) is 0 Å². The number of ether oxygens (including phenoxy) is 2. The van der Waals surface area contributed by atoms with Crippen molar-refractivity contribution in [1.82, 2.24) is 5.32 Å². The maximum Gasteiger partial charge on any atom is 0.408 e. The smallest absolute Gasteiger partial charge is 0.408 e. The Balaban J connectivity index is 2.73. The van der Waals surface area contributed by atoms with Gasteiger partial charge >= 0.3 is 12.2 Å². The summed E-state index contributed by atoms with van der Waals surface area (Å²) in [5.41, 5.74) is 5.14. The largest absolute Gasteiger partial charge is 0.447 e. The van der Waals surface area contributed by atoms with Crippen LogP contribution in [0.25, 0.3) is 0 Å². The van der Waals surface area contributed by atoms with Gasteiger partial charge in [-0.05, 0) is 26.3 Å². The molecule has 1 atom stereocenters. The van der Waals surface area contributed by atoms with Gasteiger partial charge in [-0.2, -0.15) is 0 Å². The molecule has 0 saturated carbocycles. The highest BCUT2D eigenvalue weighted by Gasteiger charge is 2.21. The first kappa shape index (κ1) is 15.8. The molecule has 6 heteroatoms. The van der Waals surface area contributed by atoms with Crippen LogP contribution in [0.2, 0.25) is 0 Å². The molecule has 0 heterocycles. The van der Waals surface area contributed by atoms with Gasteiger partial charge in [0.2, 0.25) is 0 Å². The molecule has 0 aliphatic carbocycles. The summed E-state index contributed by atoms with van der Waals surface area (Å²) < 4.78 is 9.93. The van der Waals surface area contributed by atoms with Gasteiger partial charge < -0.3 is 20.5 Å². The van der Waals surface area contributed by atoms with Gasteiger partial charge in [0.1, 0.15) is 12.2 Å². The Morgan fingerprint density at radius 3 is 2.35 bits per heavy atom. The Labute approximate surface area is 118 Å². The van der Waals surface area contributed by atoms with Gasteiger partial charge in [0.05, 0.1) is 6.04 Å². The zero-order valence-electron chi connectivity index (χ0n) is 11.9. The molecule has 0 aromatic heterocycles. The van der Waals surface area contributed by atoms with Crippen LogP contribution in [0.3, 0.4) is 0 Å². The van der Waals surface area contributed by atoms with E-state index >= 15 is 0 Å². The minimum atomic E-state index is -0.892. The fourth-order valence-electron chi connectivity index (χ4n) is 1.52. The molecule has 3 N–H and O–H groups in total. The summed E-state index contributed by atoms with van der Waals surface area (Å²) in [6.07, 6.45) is -1.48. The number of amides is 2. The molecule has 0 aliphatic rings. The summed E-state index contributed by atoms with van der Waals surface area (Å²) in [4.78, 5) is 22.5. The zero-order valence-corrected chi connectivity index (χ0v) is 11.9. The first-order valence-corrected chi connectivity index (χ1v) is 6.24. The molecular weight excluding hydrogens is 260 g/mol. The predicted octanol–water partition coefficient (Wildman–Crippen LogP) is 2.35. The van der Waals surface area contributed by atoms with Crippen molar-refractivity contribution in [2.45, 2.75) is 32.4 Å². The topological polar surface area (TPSA) is 90.7 Å². The second-order valence-corrected chi connectivity index (χ2v) is 5.24. The SMILES string of the molecule is CC(C)(C)OC(=O)NC(COC(N)=O)c1ccccc1. The number of nitrogens with one attached hydrogen (secondary N) is 1. The van der Waals surface area contributed by atoms with Gasteiger partial charge in [-0.15, -0.1) is 0 Å². The van der Waals surface area contributed by atoms with Gasteiger partial charge in [-0.1, -0.05) is 30.3 Å². The summed E-state index contributed by atoms with van der Waals surface area (Å²) in [6, 6.07) is 8.60. The van der Waals surface area contributed by atoms with Crippen LogP contribution in [0.4, 0.5) is 9.59 Å². The van der Waals surface area contributed by atoms with Gasteiger partial charge in [0, 0.05) is 0 Å². The molecule has 0 fully saturated rings. The Morgan fingerprint density at radius 1 is 1.25 bits per heavy atom. The van der Waals surface area contributed by atoms with Crippen LogP contribution >= 0.6 is 0 Å². The standard InChI is InChI=1S/C14H20N2O4/c1-14(2,3)20-13(18)16-11(9-19-12(15)17)10-7-5-4-6-8-10/h4-8,11H,9H2,1-3H3,(H2,15,17)(H,16,18). The number of nitrogens with two attached hydrogens (primary N) is 1. The first-order valence-electron chi connectivity index (χ1n) is 6.24. The zero-order chi connectivity index (χ0) is 15.2. The number of carbonyl (C=O) groups is 2. The Bertz CT molecular complexity index is 454. The molecule has 110 valence electrons. The van der Waals surface area contributed by atoms with Crippen LogP contribution in [-0.2, 0) is 9.47 Å². The quantitative estimate of drug-likeness (QED) is 0.885. The molecule has 0 saturated heterocycles. The van der Waals surface area contributed by atoms with E-state index in [-0.39, 0.29) is 6.61 Å². The molecule has 0 spiro atoms. The minimum Gasteiger partial charge on any atom is -0.447 e. The number of rotatable bonds is 4. The molecular formula is C14H20N2O4. The molecule has 0 bridgehead atoms. The van der Waals surface area contributed by atoms with Crippen molar-refractivity contribution in [3.8, 4) is 0 Å². The van der Waals surface area contributed by atoms with E-state index < -0.39 is 23.8 Å². The van der Waals surface area contributed by atoms with E-state index in [0.717, 1.165) is 5.56 Å². The summed E-state index contributed by atoms with van der Waals surface area (Å²) in [5.74, 6) is 0. The van der Waals surface area contributed by atoms with Crippen molar-refractivity contribution in [3.63, 3.8) is 0 Å². The first-order chi connectivity index (χ1) is 9.28. The second kappa shape index (κ2) is 6.79. The average molecular weight is 280 g/mol. The van der Waals surface area contributed by atoms with E-state index in [1.54, 1.807) is 20.8 Å². The highest BCUT2D eigenvalue weighted by molar-refractivity contribution is 5.68. The van der Waals surface area contributed by atoms with Gasteiger partial charge in [0.15, 0.2) is 0 Å². The molecule has 1 unspecified atom stereocenters. The molecule has 2 amide bonds. The number of hydrogen-bond donors (Lipinski definition) is 2. The lowest BCUT2D eigenvalue weighted by Gasteiger charge is -2.23. The summed E-state index contributed by atoms with van der Waals surface area (Å²) >= 11 is 0. The van der Waals surface area contributed by atoms with Crippen molar-refractivity contribution in [2.75, 3.05) is 6.61 Å². The van der Waals surface area contributed by atoms with Crippen LogP contribution in [0.5, 0.6) is 0 Å². The van der Waals surface area contributed by atoms with Gasteiger partial charge in [-0.25, -0.2) is 9.59 Å². The summed E-state index contributed by atoms with van der Waals surface area (Å²) in [6.45, 7) is 5.25. The minimum absolute atomic E-state index is 0.0570. The fraction of sp³-hybridized carbons (Fsp3) is 0.429. The van der Waals surface area contributed by atoms with Crippen molar-refractivity contribution in [2.24, 2.45) is 5.73 Å². The molecule has 6 nitrogen and oxygen atoms in total. The molecule has 1 aromatic carbocycles. The lowest BCUT2D eigenvalue weighted by Crippen LogP contribution is -2.37. The monoisotopic (exact) mass is 280 g/mol. The predicted molar refractivity (Wildman–Crippen MR) is 74.1 cm³/mol. The third-order valence-electron chi connectivity index (χ3n) is 2.29. The fourth-order valence-corrected chi connectivity index (χ4v) is 1.52. The maximum atomic E-state index is 11.8. The Morgan fingerprint density at radius 2 is 1.85 bits per heavy atom. The Kier molecular flexibility index (Phi) is 5.37. The average Bonchev–Trinajstić information content (AvgIpc) is 2.33. The van der Waals surface area contributed by atoms with Crippen molar-refractivity contribution >= 4 is 12.2 Å². The highest BCUT2D eigenvalue weighted by Crippen LogP contribution is 2.15. The normalized spacial score (nSPS) is 12.3. The lowest BCUT2D eigenvalue weighted by atomic mass is 10.1. The van der Waals surface area contributed by atoms with Crippen LogP contribution in [0.1, 0.15) is 32.4 Å². The third-order valence-corrected chi connectivity index (χ3v) is 2.29. The van der Waals surface area contributed by atoms with E-state index in [1.807, 2.05) is 30.3 Å². The van der Waals surface area contributed by atoms with Crippen molar-refractivity contribution < 1.29 is 19.1 Å². The van der Waals surface area contributed by atoms with Crippen molar-refractivity contribution in [3.05, 3.63) is 35.9 Å². The van der Waals surface area contributed by atoms with Crippen LogP contribution in [-0.4, -0.2) is 24.4 Å². The molecule has 1 rings (SSSR count). The Hall–Kier alpha value is -2.24. The number of alkyl carbamates (subject to hydrolysis) is 1. The molecule has 0 radical (unpaired) electrons. The van der Waals surface area contributed by atoms with E-state index in [2.05, 4.69) is 5.32 Å². The number of primary amides is 1. The molecule has 0 aliphatic heterocycles. The second-order valence-electron chi connectivity index (χ2n) is 5.24. The third kappa shape index (κ3) is 6.08. The summed E-state index contributed by atoms with van der Waals surface area (Å²) in [5, 5.41) is 2.65. The van der Waals surface area contributed by atoms with Gasteiger partial charge in [-0.3, -0.25) is 0 Å². The lowest BCUT2D eigenvalue weighted by molar-refractivity contribution is 0.0473. The van der Waals surface area contributed by atoms with Crippen LogP contribution < -0.4 is 11.1 Å².